The third-order valence-electron chi connectivity index (χ3n) is 4.26. The highest BCUT2D eigenvalue weighted by Crippen LogP contribution is 2.48. The average Bonchev–Trinajstić information content (AvgIpc) is 3.37. The molecule has 43 heavy (non-hydrogen) atoms. The Morgan fingerprint density at radius 1 is 0.953 bits per heavy atom. The topological polar surface area (TPSA) is 260 Å². The molecule has 4 N–H and O–H groups in total. The molecule has 0 aromatic carbocycles. The number of nitrogens with two attached hydrogens (primary N) is 1. The van der Waals surface area contributed by atoms with E-state index in [0.717, 1.165) is 0 Å². The highest BCUT2D eigenvalue weighted by Gasteiger charge is 2.28. The summed E-state index contributed by atoms with van der Waals surface area (Å²) in [6.07, 6.45) is 3.31. The van der Waals surface area contributed by atoms with Crippen molar-refractivity contribution in [1.82, 2.24) is 19.5 Å². The van der Waals surface area contributed by atoms with Gasteiger partial charge >= 0.3 is 31.8 Å². The fraction of sp³-hybridized carbons (Fsp3) is 0.348. The lowest BCUT2D eigenvalue weighted by atomic mass is 10.4. The van der Waals surface area contributed by atoms with E-state index in [-0.39, 0.29) is 25.6 Å². The zero-order chi connectivity index (χ0) is 32.3. The van der Waals surface area contributed by atoms with Crippen molar-refractivity contribution in [3.8, 4) is 0 Å². The van der Waals surface area contributed by atoms with Crippen molar-refractivity contribution in [3.05, 3.63) is 50.1 Å². The fourth-order valence-electron chi connectivity index (χ4n) is 2.48. The van der Waals surface area contributed by atoms with Crippen molar-refractivity contribution >= 4 is 48.8 Å². The van der Waals surface area contributed by atoms with Crippen LogP contribution in [-0.2, 0) is 53.4 Å². The van der Waals surface area contributed by atoms with Gasteiger partial charge in [0.05, 0.1) is 19.0 Å². The second-order valence-electron chi connectivity index (χ2n) is 7.54. The summed E-state index contributed by atoms with van der Waals surface area (Å²) in [4.78, 5) is 54.1. The molecule has 0 unspecified atom stereocenters. The molecular weight excluding hydrogens is 601 g/mol. The van der Waals surface area contributed by atoms with Crippen LogP contribution >= 0.6 is 7.60 Å². The highest BCUT2D eigenvalue weighted by molar-refractivity contribution is 7.53. The SMILES string of the molecule is C=CCOC(=O)OCOP(=O)(CO[C@@H](C)Cn1cnc2c(N)ncnc21)OCOC(=O)OCC=C.O=C(O)/C=C/C(=O)O. The molecule has 2 aromatic heterocycles. The number of hydrogen-bond donors (Lipinski definition) is 3. The Labute approximate surface area is 244 Å². The second-order valence-corrected chi connectivity index (χ2v) is 9.53. The number of carbonyl (C=O) groups excluding carboxylic acids is 2. The van der Waals surface area contributed by atoms with Gasteiger partial charge in [-0.2, -0.15) is 0 Å². The van der Waals surface area contributed by atoms with Crippen LogP contribution in [0, 0.1) is 0 Å². The zero-order valence-electron chi connectivity index (χ0n) is 22.8. The van der Waals surface area contributed by atoms with Gasteiger partial charge in [0.25, 0.3) is 0 Å². The number of aliphatic carboxylic acids is 2. The van der Waals surface area contributed by atoms with Gasteiger partial charge in [-0.15, -0.1) is 0 Å². The number of carboxylic acids is 2. The summed E-state index contributed by atoms with van der Waals surface area (Å²) in [5.74, 6) is -2.29. The van der Waals surface area contributed by atoms with Gasteiger partial charge in [-0.25, -0.2) is 34.1 Å². The Kier molecular flexibility index (Phi) is 16.3. The first-order chi connectivity index (χ1) is 20.4. The molecule has 0 bridgehead atoms. The van der Waals surface area contributed by atoms with E-state index in [1.807, 2.05) is 0 Å². The van der Waals surface area contributed by atoms with Gasteiger partial charge < -0.3 is 44.2 Å². The number of nitrogen functional groups attached to an aromatic ring is 1. The summed E-state index contributed by atoms with van der Waals surface area (Å²) in [5, 5.41) is 15.6. The van der Waals surface area contributed by atoms with Crippen LogP contribution in [0.5, 0.6) is 0 Å². The third kappa shape index (κ3) is 15.1. The van der Waals surface area contributed by atoms with E-state index < -0.39 is 57.9 Å². The van der Waals surface area contributed by atoms with Crippen LogP contribution in [0.4, 0.5) is 15.4 Å². The summed E-state index contributed by atoms with van der Waals surface area (Å²) in [7, 11) is -4.08. The molecular formula is C23H30N5O14P. The summed E-state index contributed by atoms with van der Waals surface area (Å²) in [5.41, 5.74) is 6.69. The summed E-state index contributed by atoms with van der Waals surface area (Å²) < 4.78 is 49.0. The standard InChI is InChI=1S/C19H26N5O10P.C4H4O4/c1-4-6-28-18(25)30-11-33-35(27,34-12-31-19(26)29-7-5-2)13-32-14(3)8-24-10-23-15-16(20)21-9-22-17(15)24;5-3(6)1-2-4(7)8/h4-5,9-10,14H,1-2,6-8,11-13H2,3H3,(H2,20,21,22);1-2H,(H,5,6)(H,7,8)/b;2-1+/t14-;/m0./s1. The van der Waals surface area contributed by atoms with Gasteiger partial charge in [0.2, 0.25) is 13.6 Å². The number of ether oxygens (including phenoxy) is 5. The molecule has 20 heteroatoms. The van der Waals surface area contributed by atoms with Crippen molar-refractivity contribution in [2.24, 2.45) is 0 Å². The number of fused-ring (bicyclic) bond motifs is 1. The average molecular weight is 631 g/mol. The molecule has 2 heterocycles. The number of imidazole rings is 1. The molecule has 19 nitrogen and oxygen atoms in total. The van der Waals surface area contributed by atoms with Crippen LogP contribution in [-0.4, -0.2) is 93.2 Å². The molecule has 0 saturated heterocycles. The summed E-state index contributed by atoms with van der Waals surface area (Å²) in [6, 6.07) is 0. The van der Waals surface area contributed by atoms with Gasteiger partial charge in [0.1, 0.15) is 31.4 Å². The Hall–Kier alpha value is -4.84. The van der Waals surface area contributed by atoms with Gasteiger partial charge in [0.15, 0.2) is 11.5 Å². The molecule has 0 amide bonds. The molecule has 0 aliphatic heterocycles. The number of carboxylic acid groups (broad SMARTS) is 2. The minimum absolute atomic E-state index is 0.0895. The minimum Gasteiger partial charge on any atom is -0.478 e. The lowest BCUT2D eigenvalue weighted by Gasteiger charge is -2.20. The van der Waals surface area contributed by atoms with E-state index in [1.165, 1.54) is 24.8 Å². The van der Waals surface area contributed by atoms with Crippen molar-refractivity contribution in [2.45, 2.75) is 19.6 Å². The maximum absolute atomic E-state index is 13.0. The molecule has 0 fully saturated rings. The monoisotopic (exact) mass is 631 g/mol. The molecule has 236 valence electrons. The maximum atomic E-state index is 13.0. The van der Waals surface area contributed by atoms with Crippen LogP contribution in [0.25, 0.3) is 11.2 Å². The van der Waals surface area contributed by atoms with Crippen LogP contribution in [0.3, 0.4) is 0 Å². The smallest absolute Gasteiger partial charge is 0.478 e. The Morgan fingerprint density at radius 3 is 1.98 bits per heavy atom. The summed E-state index contributed by atoms with van der Waals surface area (Å²) >= 11 is 0. The number of rotatable bonds is 17. The first kappa shape index (κ1) is 36.2. The minimum atomic E-state index is -4.08. The normalized spacial score (nSPS) is 11.6. The number of anilines is 1. The Morgan fingerprint density at radius 2 is 1.49 bits per heavy atom. The number of hydrogen-bond acceptors (Lipinski definition) is 16. The van der Waals surface area contributed by atoms with Crippen molar-refractivity contribution in [2.75, 3.05) is 38.9 Å². The second kappa shape index (κ2) is 19.3. The van der Waals surface area contributed by atoms with Crippen molar-refractivity contribution in [3.63, 3.8) is 0 Å². The van der Waals surface area contributed by atoms with Gasteiger partial charge in [-0.1, -0.05) is 25.3 Å². The molecule has 0 radical (unpaired) electrons. The quantitative estimate of drug-likeness (QED) is 0.0743. The van der Waals surface area contributed by atoms with Crippen LogP contribution in [0.1, 0.15) is 6.92 Å². The Bertz CT molecular complexity index is 1280. The van der Waals surface area contributed by atoms with Gasteiger partial charge in [0, 0.05) is 12.2 Å². The van der Waals surface area contributed by atoms with E-state index in [0.29, 0.717) is 23.3 Å². The number of nitrogens with zero attached hydrogens (tertiary/aromatic N) is 4. The molecule has 1 atom stereocenters. The first-order valence-electron chi connectivity index (χ1n) is 11.8. The molecule has 2 aromatic rings. The number of aromatic nitrogens is 4. The fourth-order valence-corrected chi connectivity index (χ4v) is 3.57. The highest BCUT2D eigenvalue weighted by atomic mass is 31.2. The molecule has 0 aliphatic rings. The van der Waals surface area contributed by atoms with Crippen LogP contribution < -0.4 is 5.73 Å². The van der Waals surface area contributed by atoms with Gasteiger partial charge in [-0.05, 0) is 6.92 Å². The molecule has 0 saturated carbocycles. The first-order valence-corrected chi connectivity index (χ1v) is 13.5. The predicted octanol–water partition coefficient (Wildman–Crippen LogP) is 2.30. The van der Waals surface area contributed by atoms with Gasteiger partial charge in [-0.3, -0.25) is 13.6 Å². The van der Waals surface area contributed by atoms with Crippen molar-refractivity contribution in [1.29, 1.82) is 0 Å². The Balaban J connectivity index is 0.00000101. The largest absolute Gasteiger partial charge is 0.510 e. The maximum Gasteiger partial charge on any atom is 0.510 e. The number of carbonyl (C=O) groups is 4. The lowest BCUT2D eigenvalue weighted by molar-refractivity contribution is -0.134. The van der Waals surface area contributed by atoms with E-state index >= 15 is 0 Å². The van der Waals surface area contributed by atoms with E-state index in [9.17, 15) is 23.7 Å². The van der Waals surface area contributed by atoms with Crippen LogP contribution in [0.15, 0.2) is 50.1 Å². The van der Waals surface area contributed by atoms with E-state index in [1.54, 1.807) is 11.5 Å². The lowest BCUT2D eigenvalue weighted by Crippen LogP contribution is -2.19. The molecule has 2 rings (SSSR count). The van der Waals surface area contributed by atoms with Crippen LogP contribution in [0.2, 0.25) is 0 Å². The zero-order valence-corrected chi connectivity index (χ0v) is 23.7. The van der Waals surface area contributed by atoms with E-state index in [2.05, 4.69) is 47.1 Å². The predicted molar refractivity (Wildman–Crippen MR) is 144 cm³/mol. The third-order valence-corrected chi connectivity index (χ3v) is 5.72. The molecule has 0 aliphatic carbocycles. The molecule has 0 spiro atoms. The summed E-state index contributed by atoms with van der Waals surface area (Å²) in [6.45, 7) is 6.97. The van der Waals surface area contributed by atoms with E-state index in [4.69, 9.17) is 29.7 Å². The van der Waals surface area contributed by atoms with Crippen molar-refractivity contribution < 1.29 is 66.7 Å².